The van der Waals surface area contributed by atoms with Crippen LogP contribution in [0, 0.1) is 0 Å². The van der Waals surface area contributed by atoms with E-state index >= 15 is 0 Å². The Balaban J connectivity index is 1.76. The average molecular weight is 428 g/mol. The summed E-state index contributed by atoms with van der Waals surface area (Å²) >= 11 is 11.1. The number of anilines is 1. The first kappa shape index (κ1) is 17.5. The molecule has 0 bridgehead atoms. The Hall–Kier alpha value is -1.37. The number of amides is 2. The lowest BCUT2D eigenvalue weighted by molar-refractivity contribution is 0.214. The van der Waals surface area contributed by atoms with Crippen molar-refractivity contribution in [1.29, 1.82) is 0 Å². The molecule has 4 nitrogen and oxygen atoms in total. The molecule has 1 fully saturated rings. The van der Waals surface area contributed by atoms with Gasteiger partial charge in [-0.25, -0.2) is 4.79 Å². The van der Waals surface area contributed by atoms with Gasteiger partial charge in [-0.15, -0.1) is 11.8 Å². The Morgan fingerprint density at radius 2 is 2.08 bits per heavy atom. The molecule has 0 aromatic heterocycles. The maximum Gasteiger partial charge on any atom is 0.323 e. The van der Waals surface area contributed by atoms with Crippen molar-refractivity contribution in [3.63, 3.8) is 0 Å². The van der Waals surface area contributed by atoms with Crippen molar-refractivity contribution < 1.29 is 9.53 Å². The first-order valence-electron chi connectivity index (χ1n) is 7.36. The van der Waals surface area contributed by atoms with Gasteiger partial charge in [0.15, 0.2) is 0 Å². The van der Waals surface area contributed by atoms with E-state index < -0.39 is 0 Å². The number of urea groups is 1. The van der Waals surface area contributed by atoms with Crippen LogP contribution in [0.25, 0.3) is 0 Å². The number of thioether (sulfide) groups is 1. The summed E-state index contributed by atoms with van der Waals surface area (Å²) in [4.78, 5) is 14.5. The van der Waals surface area contributed by atoms with Crippen LogP contribution in [-0.2, 0) is 0 Å². The van der Waals surface area contributed by atoms with E-state index in [-0.39, 0.29) is 11.4 Å². The molecule has 2 aromatic rings. The van der Waals surface area contributed by atoms with E-state index in [1.165, 1.54) is 0 Å². The van der Waals surface area contributed by atoms with Crippen molar-refractivity contribution in [3.05, 3.63) is 57.5 Å². The highest BCUT2D eigenvalue weighted by Crippen LogP contribution is 2.40. The molecule has 1 N–H and O–H groups in total. The molecule has 2 amide bonds. The maximum absolute atomic E-state index is 12.6. The molecular formula is C17H16BrClN2O2S. The number of methoxy groups -OCH3 is 1. The Morgan fingerprint density at radius 1 is 1.33 bits per heavy atom. The second-order valence-electron chi connectivity index (χ2n) is 5.25. The van der Waals surface area contributed by atoms with Crippen molar-refractivity contribution in [2.45, 2.75) is 5.37 Å². The SMILES string of the molecule is COc1ccc(C2SCCN2C(=O)Nc2ccc(Cl)cc2)cc1Br. The Kier molecular flexibility index (Phi) is 5.58. The Bertz CT molecular complexity index is 742. The predicted octanol–water partition coefficient (Wildman–Crippen LogP) is 5.39. The van der Waals surface area contributed by atoms with Crippen LogP contribution >= 0.6 is 39.3 Å². The van der Waals surface area contributed by atoms with Gasteiger partial charge >= 0.3 is 6.03 Å². The number of halogens is 2. The fourth-order valence-corrected chi connectivity index (χ4v) is 4.45. The highest BCUT2D eigenvalue weighted by molar-refractivity contribution is 9.10. The minimum atomic E-state index is -0.112. The van der Waals surface area contributed by atoms with Gasteiger partial charge in [0.1, 0.15) is 11.1 Å². The van der Waals surface area contributed by atoms with Crippen LogP contribution in [0.15, 0.2) is 46.9 Å². The molecular weight excluding hydrogens is 412 g/mol. The van der Waals surface area contributed by atoms with Gasteiger partial charge in [0.05, 0.1) is 11.6 Å². The molecule has 1 unspecified atom stereocenters. The normalized spacial score (nSPS) is 17.0. The molecule has 3 rings (SSSR count). The van der Waals surface area contributed by atoms with Crippen LogP contribution in [0.3, 0.4) is 0 Å². The summed E-state index contributed by atoms with van der Waals surface area (Å²) in [6.45, 7) is 0.707. The molecule has 7 heteroatoms. The average Bonchev–Trinajstić information content (AvgIpc) is 3.06. The third kappa shape index (κ3) is 3.82. The second kappa shape index (κ2) is 7.68. The number of nitrogens with one attached hydrogen (secondary N) is 1. The zero-order chi connectivity index (χ0) is 17.1. The second-order valence-corrected chi connectivity index (χ2v) is 7.73. The number of benzene rings is 2. The minimum Gasteiger partial charge on any atom is -0.496 e. The first-order valence-corrected chi connectivity index (χ1v) is 9.58. The lowest BCUT2D eigenvalue weighted by Gasteiger charge is -2.25. The molecule has 1 aliphatic rings. The summed E-state index contributed by atoms with van der Waals surface area (Å²) in [5.74, 6) is 1.68. The zero-order valence-corrected chi connectivity index (χ0v) is 16.1. The van der Waals surface area contributed by atoms with Gasteiger partial charge in [-0.05, 0) is 57.9 Å². The van der Waals surface area contributed by atoms with Crippen molar-refractivity contribution in [1.82, 2.24) is 4.90 Å². The number of carbonyl (C=O) groups excluding carboxylic acids is 1. The number of rotatable bonds is 3. The highest BCUT2D eigenvalue weighted by atomic mass is 79.9. The number of nitrogens with zero attached hydrogens (tertiary/aromatic N) is 1. The standard InChI is InChI=1S/C17H16BrClN2O2S/c1-23-15-7-2-11(10-14(15)18)16-21(8-9-24-16)17(22)20-13-5-3-12(19)4-6-13/h2-7,10,16H,8-9H2,1H3,(H,20,22). The molecule has 0 saturated carbocycles. The smallest absolute Gasteiger partial charge is 0.323 e. The van der Waals surface area contributed by atoms with Crippen LogP contribution in [0.1, 0.15) is 10.9 Å². The topological polar surface area (TPSA) is 41.6 Å². The molecule has 1 aliphatic heterocycles. The minimum absolute atomic E-state index is 0.0143. The summed E-state index contributed by atoms with van der Waals surface area (Å²) in [6, 6.07) is 12.9. The van der Waals surface area contributed by atoms with Gasteiger partial charge in [-0.2, -0.15) is 0 Å². The molecule has 24 heavy (non-hydrogen) atoms. The summed E-state index contributed by atoms with van der Waals surface area (Å²) in [5.41, 5.74) is 1.80. The fourth-order valence-electron chi connectivity index (χ4n) is 2.52. The van der Waals surface area contributed by atoms with E-state index in [2.05, 4.69) is 21.2 Å². The molecule has 2 aromatic carbocycles. The van der Waals surface area contributed by atoms with E-state index in [1.54, 1.807) is 43.1 Å². The molecule has 0 spiro atoms. The third-order valence-electron chi connectivity index (χ3n) is 3.71. The van der Waals surface area contributed by atoms with Crippen molar-refractivity contribution in [2.75, 3.05) is 24.7 Å². The zero-order valence-electron chi connectivity index (χ0n) is 13.0. The van der Waals surface area contributed by atoms with Gasteiger partial charge in [0.25, 0.3) is 0 Å². The first-order chi connectivity index (χ1) is 11.6. The van der Waals surface area contributed by atoms with Gasteiger partial charge < -0.3 is 15.0 Å². The van der Waals surface area contributed by atoms with Gasteiger partial charge in [0, 0.05) is 23.0 Å². The van der Waals surface area contributed by atoms with Gasteiger partial charge in [0.2, 0.25) is 0 Å². The maximum atomic E-state index is 12.6. The highest BCUT2D eigenvalue weighted by Gasteiger charge is 2.31. The van der Waals surface area contributed by atoms with E-state index in [1.807, 2.05) is 23.1 Å². The largest absolute Gasteiger partial charge is 0.496 e. The Morgan fingerprint density at radius 3 is 2.75 bits per heavy atom. The number of carbonyl (C=O) groups is 1. The van der Waals surface area contributed by atoms with E-state index in [0.717, 1.165) is 27.2 Å². The van der Waals surface area contributed by atoms with E-state index in [4.69, 9.17) is 16.3 Å². The quantitative estimate of drug-likeness (QED) is 0.714. The summed E-state index contributed by atoms with van der Waals surface area (Å²) < 4.78 is 6.15. The Labute approximate surface area is 158 Å². The van der Waals surface area contributed by atoms with Crippen molar-refractivity contribution >= 4 is 51.0 Å². The van der Waals surface area contributed by atoms with Crippen molar-refractivity contribution in [3.8, 4) is 5.75 Å². The van der Waals surface area contributed by atoms with E-state index in [9.17, 15) is 4.79 Å². The molecule has 1 atom stereocenters. The number of hydrogen-bond donors (Lipinski definition) is 1. The van der Waals surface area contributed by atoms with Crippen LogP contribution in [0.4, 0.5) is 10.5 Å². The number of ether oxygens (including phenoxy) is 1. The lowest BCUT2D eigenvalue weighted by Crippen LogP contribution is -2.34. The van der Waals surface area contributed by atoms with Crippen LogP contribution in [-0.4, -0.2) is 30.3 Å². The molecule has 126 valence electrons. The van der Waals surface area contributed by atoms with Crippen molar-refractivity contribution in [2.24, 2.45) is 0 Å². The van der Waals surface area contributed by atoms with Crippen LogP contribution in [0.2, 0.25) is 5.02 Å². The van der Waals surface area contributed by atoms with Gasteiger partial charge in [-0.1, -0.05) is 17.7 Å². The number of hydrogen-bond acceptors (Lipinski definition) is 3. The molecule has 1 saturated heterocycles. The molecule has 0 aliphatic carbocycles. The molecule has 0 radical (unpaired) electrons. The lowest BCUT2D eigenvalue weighted by atomic mass is 10.2. The third-order valence-corrected chi connectivity index (χ3v) is 5.84. The van der Waals surface area contributed by atoms with Crippen LogP contribution in [0.5, 0.6) is 5.75 Å². The molecule has 1 heterocycles. The summed E-state index contributed by atoms with van der Waals surface area (Å²) in [5, 5.41) is 3.56. The summed E-state index contributed by atoms with van der Waals surface area (Å²) in [6.07, 6.45) is 0. The van der Waals surface area contributed by atoms with Gasteiger partial charge in [-0.3, -0.25) is 0 Å². The monoisotopic (exact) mass is 426 g/mol. The van der Waals surface area contributed by atoms with E-state index in [0.29, 0.717) is 11.6 Å². The predicted molar refractivity (Wildman–Crippen MR) is 103 cm³/mol. The fraction of sp³-hybridized carbons (Fsp3) is 0.235. The van der Waals surface area contributed by atoms with Crippen LogP contribution < -0.4 is 10.1 Å². The summed E-state index contributed by atoms with van der Waals surface area (Å²) in [7, 11) is 1.63.